The molecule has 4 unspecified atom stereocenters. The molecule has 0 amide bonds. The van der Waals surface area contributed by atoms with Gasteiger partial charge in [0.15, 0.2) is 0 Å². The minimum Gasteiger partial charge on any atom is -0.496 e. The highest BCUT2D eigenvalue weighted by atomic mass is 32.2. The Morgan fingerprint density at radius 3 is 1.41 bits per heavy atom. The molecule has 74 heavy (non-hydrogen) atoms. The van der Waals surface area contributed by atoms with Crippen molar-refractivity contribution in [2.75, 3.05) is 27.4 Å². The second-order valence-corrected chi connectivity index (χ2v) is 38.6. The average molecular weight is 1080 g/mol. The summed E-state index contributed by atoms with van der Waals surface area (Å²) in [6.07, 6.45) is 0. The van der Waals surface area contributed by atoms with E-state index in [9.17, 15) is 18.9 Å². The number of aryl methyl sites for hydroxylation is 4. The molecule has 0 saturated carbocycles. The number of hydrogen-bond acceptors (Lipinski definition) is 10. The summed E-state index contributed by atoms with van der Waals surface area (Å²) >= 11 is 0. The van der Waals surface area contributed by atoms with Crippen molar-refractivity contribution in [1.29, 1.82) is 10.5 Å². The SMILES string of the molecule is COc1cc(C)cc(C)c1C(NS(=O)C(C)(C)C)c1nc2cc(C#N)ccc2n1COCC[Si](C)(C)C.COc1cc(C)cc(C)c1C(NS(=O)C(C)(C)C)c1nc2ccc(C#N)cc2n1COCC[Si](C)(C)C. The van der Waals surface area contributed by atoms with E-state index in [4.69, 9.17) is 28.9 Å². The zero-order valence-corrected chi connectivity index (χ0v) is 50.8. The standard InChI is InChI=1S/2C28H40N4O3SSi/c1-19-14-20(2)25(24(15-19)34-6)26(31-36(33)28(3,4)5)27-30-22-16-21(17-29)10-11-23(22)32(27)18-35-12-13-37(7,8)9;1-19-14-20(2)25(24(15-19)34-6)26(31-36(33)28(3,4)5)27-30-22-11-10-21(17-29)16-23(22)32(27)18-35-12-13-37(7,8)9/h2*10-11,14-16,26,31H,12-13,18H2,1-9H3. The molecule has 14 nitrogen and oxygen atoms in total. The molecule has 0 aliphatic carbocycles. The first kappa shape index (κ1) is 59.8. The van der Waals surface area contributed by atoms with Gasteiger partial charge in [0.05, 0.1) is 91.0 Å². The fourth-order valence-corrected chi connectivity index (χ4v) is 11.3. The zero-order chi connectivity index (χ0) is 55.1. The minimum absolute atomic E-state index is 0.277. The van der Waals surface area contributed by atoms with Crippen LogP contribution >= 0.6 is 0 Å². The normalized spacial score (nSPS) is 13.9. The van der Waals surface area contributed by atoms with Gasteiger partial charge in [-0.25, -0.2) is 27.8 Å². The molecule has 6 aromatic rings. The lowest BCUT2D eigenvalue weighted by Crippen LogP contribution is -2.37. The first-order chi connectivity index (χ1) is 34.5. The first-order valence-corrected chi connectivity index (χ1v) is 34.8. The van der Waals surface area contributed by atoms with Crippen LogP contribution in [-0.2, 0) is 44.9 Å². The Labute approximate surface area is 447 Å². The fourth-order valence-electron chi connectivity index (χ4n) is 8.22. The maximum absolute atomic E-state index is 13.4. The number of ether oxygens (including phenoxy) is 4. The molecule has 0 aliphatic heterocycles. The van der Waals surface area contributed by atoms with E-state index >= 15 is 0 Å². The number of aromatic nitrogens is 4. The second kappa shape index (κ2) is 24.8. The number of rotatable bonds is 20. The summed E-state index contributed by atoms with van der Waals surface area (Å²) < 4.78 is 60.7. The van der Waals surface area contributed by atoms with Gasteiger partial charge in [-0.1, -0.05) is 51.4 Å². The number of nitriles is 2. The molecule has 0 fully saturated rings. The predicted molar refractivity (Wildman–Crippen MR) is 308 cm³/mol. The van der Waals surface area contributed by atoms with Gasteiger partial charge in [-0.2, -0.15) is 10.5 Å². The molecule has 0 spiro atoms. The molecule has 0 radical (unpaired) electrons. The Hall–Kier alpha value is -5.03. The molecule has 2 aromatic heterocycles. The van der Waals surface area contributed by atoms with Crippen LogP contribution < -0.4 is 18.9 Å². The van der Waals surface area contributed by atoms with Crippen molar-refractivity contribution in [2.24, 2.45) is 0 Å². The third-order valence-corrected chi connectivity index (χ3v) is 18.9. The fraction of sp³-hybridized carbons (Fsp3) is 0.500. The maximum atomic E-state index is 13.4. The molecule has 4 aromatic carbocycles. The Kier molecular flexibility index (Phi) is 20.0. The van der Waals surface area contributed by atoms with Gasteiger partial charge in [-0.05, 0) is 152 Å². The number of hydrogen-bond donors (Lipinski definition) is 2. The van der Waals surface area contributed by atoms with E-state index in [2.05, 4.69) is 73.0 Å². The molecule has 18 heteroatoms. The molecule has 400 valence electrons. The number of nitrogens with zero attached hydrogens (tertiary/aromatic N) is 6. The monoisotopic (exact) mass is 1080 g/mol. The molecule has 0 aliphatic rings. The summed E-state index contributed by atoms with van der Waals surface area (Å²) in [5.41, 5.74) is 10.1. The van der Waals surface area contributed by atoms with E-state index in [0.717, 1.165) is 62.0 Å². The molecule has 2 heterocycles. The predicted octanol–water partition coefficient (Wildman–Crippen LogP) is 12.0. The summed E-state index contributed by atoms with van der Waals surface area (Å²) in [6.45, 7) is 35.6. The van der Waals surface area contributed by atoms with Crippen molar-refractivity contribution in [1.82, 2.24) is 28.5 Å². The van der Waals surface area contributed by atoms with E-state index in [1.807, 2.05) is 109 Å². The van der Waals surface area contributed by atoms with Crippen molar-refractivity contribution in [3.05, 3.63) is 117 Å². The number of methoxy groups -OCH3 is 2. The Bertz CT molecular complexity index is 2990. The van der Waals surface area contributed by atoms with Gasteiger partial charge in [-0.15, -0.1) is 0 Å². The van der Waals surface area contributed by atoms with Gasteiger partial charge in [0.25, 0.3) is 0 Å². The Morgan fingerprint density at radius 2 is 1.00 bits per heavy atom. The van der Waals surface area contributed by atoms with Crippen LogP contribution in [0.2, 0.25) is 51.4 Å². The minimum atomic E-state index is -1.39. The third-order valence-electron chi connectivity index (χ3n) is 12.3. The molecule has 0 bridgehead atoms. The number of fused-ring (bicyclic) bond motifs is 2. The topological polar surface area (TPSA) is 178 Å². The van der Waals surface area contributed by atoms with E-state index in [-0.39, 0.29) is 6.73 Å². The van der Waals surface area contributed by atoms with Crippen LogP contribution in [0.25, 0.3) is 22.1 Å². The highest BCUT2D eigenvalue weighted by molar-refractivity contribution is 7.84. The smallest absolute Gasteiger partial charge is 0.134 e. The molecular weight excluding hydrogens is 1000 g/mol. The van der Waals surface area contributed by atoms with Crippen molar-refractivity contribution in [2.45, 2.75) is 156 Å². The zero-order valence-electron chi connectivity index (χ0n) is 47.1. The Balaban J connectivity index is 0.000000274. The van der Waals surface area contributed by atoms with Gasteiger partial charge in [0.1, 0.15) is 48.7 Å². The molecule has 4 atom stereocenters. The maximum Gasteiger partial charge on any atom is 0.134 e. The van der Waals surface area contributed by atoms with Crippen LogP contribution in [0, 0.1) is 50.4 Å². The van der Waals surface area contributed by atoms with Gasteiger partial charge in [0, 0.05) is 40.5 Å². The molecule has 0 saturated heterocycles. The van der Waals surface area contributed by atoms with Crippen molar-refractivity contribution < 1.29 is 27.4 Å². The van der Waals surface area contributed by atoms with E-state index in [1.54, 1.807) is 32.4 Å². The summed E-state index contributed by atoms with van der Waals surface area (Å²) in [5, 5.41) is 19.0. The highest BCUT2D eigenvalue weighted by Gasteiger charge is 2.34. The van der Waals surface area contributed by atoms with Crippen molar-refractivity contribution >= 4 is 60.2 Å². The van der Waals surface area contributed by atoms with Crippen molar-refractivity contribution in [3.8, 4) is 23.6 Å². The van der Waals surface area contributed by atoms with Gasteiger partial charge in [-0.3, -0.25) is 0 Å². The van der Waals surface area contributed by atoms with Crippen LogP contribution in [0.15, 0.2) is 60.7 Å². The van der Waals surface area contributed by atoms with Gasteiger partial charge < -0.3 is 28.1 Å². The lowest BCUT2D eigenvalue weighted by Gasteiger charge is -2.27. The Morgan fingerprint density at radius 1 is 0.595 bits per heavy atom. The van der Waals surface area contributed by atoms with Crippen LogP contribution in [-0.4, -0.2) is 80.6 Å². The molecule has 6 rings (SSSR count). The number of imidazole rings is 2. The third kappa shape index (κ3) is 15.5. The van der Waals surface area contributed by atoms with Gasteiger partial charge in [0.2, 0.25) is 0 Å². The number of benzene rings is 4. The largest absolute Gasteiger partial charge is 0.496 e. The first-order valence-electron chi connectivity index (χ1n) is 25.1. The van der Waals surface area contributed by atoms with Crippen LogP contribution in [0.3, 0.4) is 0 Å². The van der Waals surface area contributed by atoms with Crippen LogP contribution in [0.1, 0.15) is 110 Å². The summed E-state index contributed by atoms with van der Waals surface area (Å²) in [5.74, 6) is 2.75. The van der Waals surface area contributed by atoms with Crippen LogP contribution in [0.4, 0.5) is 0 Å². The van der Waals surface area contributed by atoms with Crippen molar-refractivity contribution in [3.63, 3.8) is 0 Å². The van der Waals surface area contributed by atoms with E-state index in [0.29, 0.717) is 59.7 Å². The molecular formula is C56H80N8O6S2Si2. The average Bonchev–Trinajstić information content (AvgIpc) is 3.85. The van der Waals surface area contributed by atoms with Crippen LogP contribution in [0.5, 0.6) is 11.5 Å². The second-order valence-electron chi connectivity index (χ2n) is 23.4. The highest BCUT2D eigenvalue weighted by Crippen LogP contribution is 2.38. The van der Waals surface area contributed by atoms with E-state index < -0.39 is 59.7 Å². The quantitative estimate of drug-likeness (QED) is 0.0552. The summed E-state index contributed by atoms with van der Waals surface area (Å²) in [6, 6.07) is 24.6. The number of nitrogens with one attached hydrogen (secondary N) is 2. The lowest BCUT2D eigenvalue weighted by atomic mass is 9.97. The molecule has 2 N–H and O–H groups in total. The lowest BCUT2D eigenvalue weighted by molar-refractivity contribution is 0.0872. The summed E-state index contributed by atoms with van der Waals surface area (Å²) in [4.78, 5) is 9.98. The van der Waals surface area contributed by atoms with Gasteiger partial charge >= 0.3 is 0 Å². The van der Waals surface area contributed by atoms with E-state index in [1.165, 1.54) is 0 Å². The summed E-state index contributed by atoms with van der Waals surface area (Å²) in [7, 11) is -2.01.